The lowest BCUT2D eigenvalue weighted by atomic mass is 10.0. The molecule has 3 aromatic rings. The van der Waals surface area contributed by atoms with Gasteiger partial charge in [0.25, 0.3) is 0 Å². The molecule has 0 saturated carbocycles. The Bertz CT molecular complexity index is 915. The van der Waals surface area contributed by atoms with E-state index in [-0.39, 0.29) is 0 Å². The number of hydrogen-bond acceptors (Lipinski definition) is 6. The summed E-state index contributed by atoms with van der Waals surface area (Å²) in [5.41, 5.74) is 3.55. The van der Waals surface area contributed by atoms with Crippen molar-refractivity contribution in [1.82, 2.24) is 15.2 Å². The molecule has 0 spiro atoms. The van der Waals surface area contributed by atoms with Crippen LogP contribution < -0.4 is 9.47 Å². The first-order valence-corrected chi connectivity index (χ1v) is 11.6. The van der Waals surface area contributed by atoms with Crippen LogP contribution in [0.25, 0.3) is 22.5 Å². The molecule has 3 rings (SSSR count). The van der Waals surface area contributed by atoms with E-state index in [2.05, 4.69) is 31.0 Å². The van der Waals surface area contributed by atoms with E-state index < -0.39 is 0 Å². The fraction of sp³-hybridized carbons (Fsp3) is 0.375. The van der Waals surface area contributed by atoms with E-state index in [1.807, 2.05) is 48.5 Å². The molecular formula is C24H29N3O2S. The lowest BCUT2D eigenvalue weighted by molar-refractivity contribution is 0.317. The molecule has 0 fully saturated rings. The lowest BCUT2D eigenvalue weighted by Gasteiger charge is -2.11. The van der Waals surface area contributed by atoms with Crippen molar-refractivity contribution in [3.8, 4) is 34.0 Å². The van der Waals surface area contributed by atoms with Gasteiger partial charge in [-0.2, -0.15) is 0 Å². The second kappa shape index (κ2) is 11.6. The number of nitrogens with zero attached hydrogens (tertiary/aromatic N) is 3. The van der Waals surface area contributed by atoms with Crippen LogP contribution in [0.15, 0.2) is 53.7 Å². The monoisotopic (exact) mass is 423 g/mol. The van der Waals surface area contributed by atoms with Gasteiger partial charge in [0.2, 0.25) is 5.16 Å². The predicted octanol–water partition coefficient (Wildman–Crippen LogP) is 6.29. The molecule has 5 nitrogen and oxygen atoms in total. The number of rotatable bonds is 11. The van der Waals surface area contributed by atoms with Crippen molar-refractivity contribution in [2.75, 3.05) is 19.0 Å². The van der Waals surface area contributed by atoms with E-state index in [1.165, 1.54) is 0 Å². The number of hydrogen-bond donors (Lipinski definition) is 0. The maximum absolute atomic E-state index is 5.72. The summed E-state index contributed by atoms with van der Waals surface area (Å²) in [6, 6.07) is 16.0. The van der Waals surface area contributed by atoms with Crippen LogP contribution in [0.4, 0.5) is 0 Å². The molecule has 0 N–H and O–H groups in total. The minimum absolute atomic E-state index is 0.699. The van der Waals surface area contributed by atoms with Crippen molar-refractivity contribution in [2.24, 2.45) is 0 Å². The first kappa shape index (κ1) is 22.1. The highest BCUT2D eigenvalue weighted by molar-refractivity contribution is 7.99. The fourth-order valence-corrected chi connectivity index (χ4v) is 3.46. The molecule has 1 heterocycles. The number of aromatic nitrogens is 3. The van der Waals surface area contributed by atoms with Crippen LogP contribution in [0.5, 0.6) is 11.5 Å². The molecule has 0 aliphatic heterocycles. The van der Waals surface area contributed by atoms with Crippen molar-refractivity contribution in [2.45, 2.75) is 45.2 Å². The largest absolute Gasteiger partial charge is 0.494 e. The zero-order chi connectivity index (χ0) is 21.2. The van der Waals surface area contributed by atoms with Crippen molar-refractivity contribution < 1.29 is 9.47 Å². The van der Waals surface area contributed by atoms with Crippen molar-refractivity contribution in [3.05, 3.63) is 48.5 Å². The average Bonchev–Trinajstić information content (AvgIpc) is 2.80. The van der Waals surface area contributed by atoms with Crippen LogP contribution in [0.2, 0.25) is 0 Å². The highest BCUT2D eigenvalue weighted by Crippen LogP contribution is 2.32. The minimum Gasteiger partial charge on any atom is -0.494 e. The summed E-state index contributed by atoms with van der Waals surface area (Å²) in [6.07, 6.45) is 3.03. The predicted molar refractivity (Wildman–Crippen MR) is 123 cm³/mol. The van der Waals surface area contributed by atoms with Crippen molar-refractivity contribution in [3.63, 3.8) is 0 Å². The normalized spacial score (nSPS) is 10.8. The quantitative estimate of drug-likeness (QED) is 0.338. The molecule has 0 bridgehead atoms. The molecule has 1 aromatic heterocycles. The summed E-state index contributed by atoms with van der Waals surface area (Å²) >= 11 is 1.63. The zero-order valence-electron chi connectivity index (χ0n) is 17.9. The molecule has 6 heteroatoms. The topological polar surface area (TPSA) is 57.1 Å². The zero-order valence-corrected chi connectivity index (χ0v) is 18.7. The smallest absolute Gasteiger partial charge is 0.209 e. The Morgan fingerprint density at radius 1 is 0.667 bits per heavy atom. The van der Waals surface area contributed by atoms with Crippen LogP contribution in [-0.2, 0) is 0 Å². The summed E-state index contributed by atoms with van der Waals surface area (Å²) in [7, 11) is 0. The molecule has 30 heavy (non-hydrogen) atoms. The lowest BCUT2D eigenvalue weighted by Crippen LogP contribution is -2.00. The van der Waals surface area contributed by atoms with E-state index in [9.17, 15) is 0 Å². The SMILES string of the molecule is CCCOc1ccc(-c2nnc(SCCC)nc2-c2ccc(OCCC)cc2)cc1. The molecule has 0 atom stereocenters. The molecule has 0 amide bonds. The first-order valence-electron chi connectivity index (χ1n) is 10.6. The Balaban J connectivity index is 1.94. The van der Waals surface area contributed by atoms with Crippen LogP contribution in [-0.4, -0.2) is 34.1 Å². The molecular weight excluding hydrogens is 394 g/mol. The Labute approximate surface area is 183 Å². The number of thioether (sulfide) groups is 1. The van der Waals surface area contributed by atoms with Gasteiger partial charge in [-0.15, -0.1) is 10.2 Å². The van der Waals surface area contributed by atoms with Crippen molar-refractivity contribution >= 4 is 11.8 Å². The fourth-order valence-electron chi connectivity index (χ4n) is 2.82. The van der Waals surface area contributed by atoms with E-state index in [1.54, 1.807) is 11.8 Å². The molecule has 0 aliphatic rings. The van der Waals surface area contributed by atoms with Gasteiger partial charge >= 0.3 is 0 Å². The molecule has 0 unspecified atom stereocenters. The van der Waals surface area contributed by atoms with Crippen molar-refractivity contribution in [1.29, 1.82) is 0 Å². The van der Waals surface area contributed by atoms with Gasteiger partial charge in [0.05, 0.1) is 13.2 Å². The molecule has 2 aromatic carbocycles. The highest BCUT2D eigenvalue weighted by atomic mass is 32.2. The third-order valence-electron chi connectivity index (χ3n) is 4.30. The van der Waals surface area contributed by atoms with E-state index in [4.69, 9.17) is 14.5 Å². The van der Waals surface area contributed by atoms with Crippen LogP contribution >= 0.6 is 11.8 Å². The van der Waals surface area contributed by atoms with E-state index >= 15 is 0 Å². The summed E-state index contributed by atoms with van der Waals surface area (Å²) in [6.45, 7) is 7.76. The van der Waals surface area contributed by atoms with Gasteiger partial charge in [0.1, 0.15) is 22.9 Å². The van der Waals surface area contributed by atoms with E-state index in [0.717, 1.165) is 59.0 Å². The van der Waals surface area contributed by atoms with Crippen LogP contribution in [0.1, 0.15) is 40.0 Å². The van der Waals surface area contributed by atoms with Gasteiger partial charge in [0, 0.05) is 16.9 Å². The summed E-state index contributed by atoms with van der Waals surface area (Å²) < 4.78 is 11.4. The van der Waals surface area contributed by atoms with Gasteiger partial charge in [-0.1, -0.05) is 32.5 Å². The van der Waals surface area contributed by atoms with Gasteiger partial charge < -0.3 is 9.47 Å². The minimum atomic E-state index is 0.699. The van der Waals surface area contributed by atoms with Gasteiger partial charge in [-0.25, -0.2) is 4.98 Å². The molecule has 0 radical (unpaired) electrons. The maximum atomic E-state index is 5.72. The Hall–Kier alpha value is -2.60. The second-order valence-corrected chi connectivity index (χ2v) is 7.95. The van der Waals surface area contributed by atoms with Gasteiger partial charge in [-0.05, 0) is 67.8 Å². The van der Waals surface area contributed by atoms with Crippen LogP contribution in [0.3, 0.4) is 0 Å². The molecule has 0 aliphatic carbocycles. The Morgan fingerprint density at radius 2 is 1.20 bits per heavy atom. The summed E-state index contributed by atoms with van der Waals surface area (Å²) in [5.74, 6) is 2.69. The Morgan fingerprint density at radius 3 is 1.70 bits per heavy atom. The Kier molecular flexibility index (Phi) is 8.51. The first-order chi connectivity index (χ1) is 14.7. The number of benzene rings is 2. The molecule has 0 saturated heterocycles. The summed E-state index contributed by atoms with van der Waals surface area (Å²) in [5, 5.41) is 9.59. The number of ether oxygens (including phenoxy) is 2. The van der Waals surface area contributed by atoms with Crippen LogP contribution in [0, 0.1) is 0 Å². The van der Waals surface area contributed by atoms with Gasteiger partial charge in [-0.3, -0.25) is 0 Å². The van der Waals surface area contributed by atoms with Gasteiger partial charge in [0.15, 0.2) is 0 Å². The maximum Gasteiger partial charge on any atom is 0.209 e. The third kappa shape index (κ3) is 5.95. The highest BCUT2D eigenvalue weighted by Gasteiger charge is 2.14. The standard InChI is InChI=1S/C24H29N3O2S/c1-4-15-28-20-11-7-18(8-12-20)22-23(26-27-24(25-22)30-17-6-3)19-9-13-21(14-10-19)29-16-5-2/h7-14H,4-6,15-17H2,1-3H3. The third-order valence-corrected chi connectivity index (χ3v) is 5.35. The molecule has 158 valence electrons. The average molecular weight is 424 g/mol. The van der Waals surface area contributed by atoms with E-state index in [0.29, 0.717) is 18.4 Å². The second-order valence-electron chi connectivity index (χ2n) is 6.89. The summed E-state index contributed by atoms with van der Waals surface area (Å²) in [4.78, 5) is 4.84.